The molecule has 0 spiro atoms. The third-order valence-electron chi connectivity index (χ3n) is 4.91. The Balaban J connectivity index is 0.00000192. The van der Waals surface area contributed by atoms with Crippen molar-refractivity contribution in [3.05, 3.63) is 35.4 Å². The van der Waals surface area contributed by atoms with Gasteiger partial charge in [-0.1, -0.05) is 24.3 Å². The Hall–Kier alpha value is -0.430. The topological polar surface area (TPSA) is 36.4 Å². The van der Waals surface area contributed by atoms with Gasteiger partial charge in [0, 0.05) is 30.8 Å². The van der Waals surface area contributed by atoms with Gasteiger partial charge in [0.2, 0.25) is 0 Å². The molecule has 1 saturated heterocycles. The van der Waals surface area contributed by atoms with Gasteiger partial charge >= 0.3 is 0 Å². The molecular formula is C18H28IN3S. The molecule has 1 heterocycles. The van der Waals surface area contributed by atoms with Crippen LogP contribution < -0.4 is 10.6 Å². The summed E-state index contributed by atoms with van der Waals surface area (Å²) in [7, 11) is 1.87. The van der Waals surface area contributed by atoms with E-state index >= 15 is 0 Å². The van der Waals surface area contributed by atoms with Gasteiger partial charge in [0.15, 0.2) is 5.96 Å². The van der Waals surface area contributed by atoms with E-state index < -0.39 is 0 Å². The van der Waals surface area contributed by atoms with Gasteiger partial charge < -0.3 is 10.6 Å². The fourth-order valence-corrected chi connectivity index (χ4v) is 4.55. The summed E-state index contributed by atoms with van der Waals surface area (Å²) in [6.07, 6.45) is 5.25. The van der Waals surface area contributed by atoms with Crippen molar-refractivity contribution in [1.82, 2.24) is 10.6 Å². The fourth-order valence-electron chi connectivity index (χ4n) is 3.35. The lowest BCUT2D eigenvalue weighted by atomic mass is 9.92. The van der Waals surface area contributed by atoms with E-state index in [-0.39, 0.29) is 24.0 Å². The Kier molecular flexibility index (Phi) is 7.07. The van der Waals surface area contributed by atoms with Crippen molar-refractivity contribution in [3.63, 3.8) is 0 Å². The van der Waals surface area contributed by atoms with Crippen molar-refractivity contribution >= 4 is 41.7 Å². The highest BCUT2D eigenvalue weighted by Crippen LogP contribution is 2.48. The minimum atomic E-state index is 0. The van der Waals surface area contributed by atoms with Crippen LogP contribution in [0.25, 0.3) is 0 Å². The summed E-state index contributed by atoms with van der Waals surface area (Å²) >= 11 is 2.08. The molecule has 3 nitrogen and oxygen atoms in total. The van der Waals surface area contributed by atoms with Gasteiger partial charge in [-0.2, -0.15) is 11.8 Å². The predicted octanol–water partition coefficient (Wildman–Crippen LogP) is 3.71. The summed E-state index contributed by atoms with van der Waals surface area (Å²) in [6.45, 7) is 4.23. The highest BCUT2D eigenvalue weighted by molar-refractivity contribution is 14.0. The summed E-state index contributed by atoms with van der Waals surface area (Å²) in [5.41, 5.74) is 3.24. The zero-order chi connectivity index (χ0) is 15.4. The second kappa shape index (κ2) is 8.60. The number of hydrogen-bond donors (Lipinski definition) is 2. The molecule has 128 valence electrons. The summed E-state index contributed by atoms with van der Waals surface area (Å²) in [4.78, 5) is 4.38. The first-order valence-corrected chi connectivity index (χ1v) is 9.41. The second-order valence-corrected chi connectivity index (χ2v) is 7.95. The molecule has 1 aliphatic carbocycles. The number of halogens is 1. The van der Waals surface area contributed by atoms with E-state index in [2.05, 4.69) is 58.6 Å². The lowest BCUT2D eigenvalue weighted by Crippen LogP contribution is -2.43. The van der Waals surface area contributed by atoms with Gasteiger partial charge in [-0.25, -0.2) is 0 Å². The third kappa shape index (κ3) is 4.78. The van der Waals surface area contributed by atoms with Crippen LogP contribution in [0.15, 0.2) is 29.3 Å². The molecule has 1 aliphatic heterocycles. The summed E-state index contributed by atoms with van der Waals surface area (Å²) in [5, 5.41) is 7.80. The van der Waals surface area contributed by atoms with Crippen LogP contribution in [0.3, 0.4) is 0 Å². The predicted molar refractivity (Wildman–Crippen MR) is 112 cm³/mol. The quantitative estimate of drug-likeness (QED) is 0.412. The van der Waals surface area contributed by atoms with Crippen LogP contribution in [0, 0.1) is 6.92 Å². The first kappa shape index (κ1) is 18.9. The Morgan fingerprint density at radius 2 is 2.09 bits per heavy atom. The van der Waals surface area contributed by atoms with E-state index in [1.165, 1.54) is 42.6 Å². The van der Waals surface area contributed by atoms with Crippen LogP contribution >= 0.6 is 35.7 Å². The maximum atomic E-state index is 4.38. The zero-order valence-electron chi connectivity index (χ0n) is 14.1. The highest BCUT2D eigenvalue weighted by Gasteiger charge is 2.44. The molecule has 1 unspecified atom stereocenters. The average Bonchev–Trinajstić information content (AvgIpc) is 3.13. The van der Waals surface area contributed by atoms with Crippen molar-refractivity contribution in [2.24, 2.45) is 4.99 Å². The molecule has 2 aliphatic rings. The number of thioether (sulfide) groups is 1. The number of hydrogen-bond acceptors (Lipinski definition) is 2. The normalized spacial score (nSPS) is 22.3. The first-order valence-electron chi connectivity index (χ1n) is 8.36. The Bertz CT molecular complexity index is 537. The smallest absolute Gasteiger partial charge is 0.191 e. The lowest BCUT2D eigenvalue weighted by Gasteiger charge is -2.21. The van der Waals surface area contributed by atoms with Crippen molar-refractivity contribution < 1.29 is 0 Å². The van der Waals surface area contributed by atoms with Gasteiger partial charge in [0.05, 0.1) is 0 Å². The van der Waals surface area contributed by atoms with Gasteiger partial charge in [-0.3, -0.25) is 4.99 Å². The Labute approximate surface area is 161 Å². The molecule has 1 aromatic carbocycles. The van der Waals surface area contributed by atoms with Crippen LogP contribution in [0.1, 0.15) is 36.8 Å². The SMILES string of the molecule is CN=C(NCC1CCCS1)NCC1(c2ccccc2C)CC1.I. The molecule has 1 aromatic rings. The molecule has 23 heavy (non-hydrogen) atoms. The number of rotatable bonds is 5. The molecule has 0 radical (unpaired) electrons. The lowest BCUT2D eigenvalue weighted by molar-refractivity contribution is 0.638. The molecule has 5 heteroatoms. The van der Waals surface area contributed by atoms with Gasteiger partial charge in [-0.15, -0.1) is 24.0 Å². The maximum Gasteiger partial charge on any atom is 0.191 e. The van der Waals surface area contributed by atoms with Crippen molar-refractivity contribution in [1.29, 1.82) is 0 Å². The molecule has 0 bridgehead atoms. The van der Waals surface area contributed by atoms with Gasteiger partial charge in [0.25, 0.3) is 0 Å². The van der Waals surface area contributed by atoms with E-state index in [9.17, 15) is 0 Å². The van der Waals surface area contributed by atoms with E-state index in [4.69, 9.17) is 0 Å². The van der Waals surface area contributed by atoms with Gasteiger partial charge in [0.1, 0.15) is 0 Å². The molecule has 0 aromatic heterocycles. The third-order valence-corrected chi connectivity index (χ3v) is 6.31. The first-order chi connectivity index (χ1) is 10.7. The number of aliphatic imine (C=N–C) groups is 1. The number of nitrogens with one attached hydrogen (secondary N) is 2. The van der Waals surface area contributed by atoms with E-state index in [0.717, 1.165) is 24.3 Å². The highest BCUT2D eigenvalue weighted by atomic mass is 127. The van der Waals surface area contributed by atoms with Crippen LogP contribution in [0.5, 0.6) is 0 Å². The molecule has 2 N–H and O–H groups in total. The molecule has 3 rings (SSSR count). The minimum Gasteiger partial charge on any atom is -0.356 e. The number of aryl methyl sites for hydroxylation is 1. The maximum absolute atomic E-state index is 4.38. The van der Waals surface area contributed by atoms with Gasteiger partial charge in [-0.05, 0) is 49.5 Å². The van der Waals surface area contributed by atoms with Crippen LogP contribution in [0.4, 0.5) is 0 Å². The minimum absolute atomic E-state index is 0. The molecule has 0 amide bonds. The largest absolute Gasteiger partial charge is 0.356 e. The van der Waals surface area contributed by atoms with E-state index in [1.54, 1.807) is 0 Å². The fraction of sp³-hybridized carbons (Fsp3) is 0.611. The summed E-state index contributed by atoms with van der Waals surface area (Å²) < 4.78 is 0. The van der Waals surface area contributed by atoms with Crippen molar-refractivity contribution in [2.45, 2.75) is 43.3 Å². The second-order valence-electron chi connectivity index (χ2n) is 6.54. The van der Waals surface area contributed by atoms with Crippen molar-refractivity contribution in [2.75, 3.05) is 25.9 Å². The Morgan fingerprint density at radius 3 is 2.70 bits per heavy atom. The van der Waals surface area contributed by atoms with Crippen LogP contribution in [-0.2, 0) is 5.41 Å². The molecule has 1 saturated carbocycles. The summed E-state index contributed by atoms with van der Waals surface area (Å²) in [6, 6.07) is 8.80. The van der Waals surface area contributed by atoms with Crippen LogP contribution in [0.2, 0.25) is 0 Å². The molecular weight excluding hydrogens is 417 g/mol. The van der Waals surface area contributed by atoms with Crippen LogP contribution in [-0.4, -0.2) is 37.1 Å². The number of guanidine groups is 1. The molecule has 2 fully saturated rings. The average molecular weight is 445 g/mol. The van der Waals surface area contributed by atoms with E-state index in [0.29, 0.717) is 5.41 Å². The standard InChI is InChI=1S/C18H27N3S.HI/c1-14-6-3-4-8-16(14)18(9-10-18)13-21-17(19-2)20-12-15-7-5-11-22-15;/h3-4,6,8,15H,5,7,9-13H2,1-2H3,(H2,19,20,21);1H. The monoisotopic (exact) mass is 445 g/mol. The van der Waals surface area contributed by atoms with Crippen molar-refractivity contribution in [3.8, 4) is 0 Å². The number of nitrogens with zero attached hydrogens (tertiary/aromatic N) is 1. The zero-order valence-corrected chi connectivity index (χ0v) is 17.2. The number of benzene rings is 1. The Morgan fingerprint density at radius 1 is 1.30 bits per heavy atom. The van der Waals surface area contributed by atoms with E-state index in [1.807, 2.05) is 7.05 Å². The molecule has 1 atom stereocenters. The summed E-state index contributed by atoms with van der Waals surface area (Å²) in [5.74, 6) is 2.27.